The summed E-state index contributed by atoms with van der Waals surface area (Å²) < 4.78 is 9.85. The highest BCUT2D eigenvalue weighted by Crippen LogP contribution is 2.27. The molecule has 0 aliphatic carbocycles. The van der Waals surface area contributed by atoms with Gasteiger partial charge in [0.2, 0.25) is 0 Å². The molecule has 0 saturated carbocycles. The van der Waals surface area contributed by atoms with Crippen LogP contribution in [-0.2, 0) is 18.4 Å². The zero-order valence-corrected chi connectivity index (χ0v) is 19.0. The Morgan fingerprint density at radius 3 is 2.77 bits per heavy atom. The molecule has 1 saturated heterocycles. The average Bonchev–Trinajstić information content (AvgIpc) is 3.33. The van der Waals surface area contributed by atoms with Crippen LogP contribution in [-0.4, -0.2) is 37.7 Å². The molecule has 30 heavy (non-hydrogen) atoms. The Bertz CT molecular complexity index is 1180. The number of nitrogens with zero attached hydrogens (tertiary/aromatic N) is 5. The number of hydrogen-bond donors (Lipinski definition) is 1. The number of halogens is 1. The van der Waals surface area contributed by atoms with Crippen molar-refractivity contribution in [2.24, 2.45) is 7.05 Å². The van der Waals surface area contributed by atoms with Crippen LogP contribution in [0.5, 0.6) is 5.75 Å². The van der Waals surface area contributed by atoms with Crippen LogP contribution in [0.15, 0.2) is 47.0 Å². The van der Waals surface area contributed by atoms with Crippen molar-refractivity contribution in [2.45, 2.75) is 13.5 Å². The predicted molar refractivity (Wildman–Crippen MR) is 121 cm³/mol. The maximum Gasteiger partial charge on any atom is 0.281 e. The molecule has 8 nitrogen and oxygen atoms in total. The smallest absolute Gasteiger partial charge is 0.281 e. The Kier molecular flexibility index (Phi) is 5.44. The van der Waals surface area contributed by atoms with Crippen molar-refractivity contribution in [3.05, 3.63) is 63.8 Å². The summed E-state index contributed by atoms with van der Waals surface area (Å²) in [5.41, 5.74) is 3.59. The van der Waals surface area contributed by atoms with Crippen molar-refractivity contribution in [1.29, 1.82) is 0 Å². The molecule has 1 aromatic carbocycles. The van der Waals surface area contributed by atoms with Gasteiger partial charge in [-0.25, -0.2) is 4.90 Å². The molecule has 0 radical (unpaired) electrons. The summed E-state index contributed by atoms with van der Waals surface area (Å²) in [5.74, 6) is 0.530. The van der Waals surface area contributed by atoms with E-state index in [1.165, 1.54) is 4.90 Å². The molecule has 2 aromatic heterocycles. The Balaban J connectivity index is 1.64. The third kappa shape index (κ3) is 3.88. The lowest BCUT2D eigenvalue weighted by Crippen LogP contribution is -2.30. The van der Waals surface area contributed by atoms with E-state index < -0.39 is 0 Å². The van der Waals surface area contributed by atoms with E-state index in [-0.39, 0.29) is 5.91 Å². The highest BCUT2D eigenvalue weighted by atomic mass is 79.9. The van der Waals surface area contributed by atoms with E-state index >= 15 is 0 Å². The summed E-state index contributed by atoms with van der Waals surface area (Å²) in [4.78, 5) is 14.5. The number of benzene rings is 1. The zero-order chi connectivity index (χ0) is 21.4. The SMILES string of the molecule is COc1ccc(/C=C2/NC(=S)N(c3cn(C)nc3C)C2=O)cc1Cn1cc(Br)cn1. The summed E-state index contributed by atoms with van der Waals surface area (Å²) in [7, 11) is 3.44. The summed E-state index contributed by atoms with van der Waals surface area (Å²) in [6, 6.07) is 5.74. The Hall–Kier alpha value is -2.98. The van der Waals surface area contributed by atoms with Gasteiger partial charge in [-0.2, -0.15) is 10.2 Å². The largest absolute Gasteiger partial charge is 0.496 e. The van der Waals surface area contributed by atoms with Crippen LogP contribution < -0.4 is 15.0 Å². The minimum atomic E-state index is -0.218. The van der Waals surface area contributed by atoms with Gasteiger partial charge in [-0.3, -0.25) is 14.2 Å². The molecule has 3 aromatic rings. The highest BCUT2D eigenvalue weighted by Gasteiger charge is 2.33. The van der Waals surface area contributed by atoms with Gasteiger partial charge in [0.1, 0.15) is 11.4 Å². The molecule has 10 heteroatoms. The minimum Gasteiger partial charge on any atom is -0.496 e. The van der Waals surface area contributed by atoms with Gasteiger partial charge in [-0.15, -0.1) is 0 Å². The lowest BCUT2D eigenvalue weighted by molar-refractivity contribution is -0.113. The first-order valence-electron chi connectivity index (χ1n) is 9.08. The average molecular weight is 487 g/mol. The van der Waals surface area contributed by atoms with Crippen LogP contribution in [0.4, 0.5) is 5.69 Å². The molecule has 0 spiro atoms. The predicted octanol–water partition coefficient (Wildman–Crippen LogP) is 3.01. The van der Waals surface area contributed by atoms with Gasteiger partial charge >= 0.3 is 0 Å². The molecule has 1 fully saturated rings. The first-order chi connectivity index (χ1) is 14.4. The third-order valence-corrected chi connectivity index (χ3v) is 5.35. The van der Waals surface area contributed by atoms with Gasteiger partial charge in [0, 0.05) is 25.0 Å². The summed E-state index contributed by atoms with van der Waals surface area (Å²) in [5, 5.41) is 11.9. The number of anilines is 1. The monoisotopic (exact) mass is 486 g/mol. The molecular formula is C20H19BrN6O2S. The van der Waals surface area contributed by atoms with Crippen molar-refractivity contribution in [1.82, 2.24) is 24.9 Å². The van der Waals surface area contributed by atoms with Crippen LogP contribution in [0.3, 0.4) is 0 Å². The topological polar surface area (TPSA) is 77.2 Å². The number of rotatable bonds is 5. The number of aromatic nitrogens is 4. The van der Waals surface area contributed by atoms with Gasteiger partial charge in [0.05, 0.1) is 35.7 Å². The Morgan fingerprint density at radius 1 is 1.33 bits per heavy atom. The van der Waals surface area contributed by atoms with E-state index in [2.05, 4.69) is 31.4 Å². The zero-order valence-electron chi connectivity index (χ0n) is 16.6. The normalized spacial score (nSPS) is 15.2. The molecule has 0 bridgehead atoms. The van der Waals surface area contributed by atoms with Crippen molar-refractivity contribution >= 4 is 50.9 Å². The maximum atomic E-state index is 13.0. The lowest BCUT2D eigenvalue weighted by atomic mass is 10.1. The lowest BCUT2D eigenvalue weighted by Gasteiger charge is -2.12. The van der Waals surface area contributed by atoms with Gasteiger partial charge in [0.25, 0.3) is 5.91 Å². The molecule has 0 unspecified atom stereocenters. The number of carbonyl (C=O) groups excluding carboxylic acids is 1. The third-order valence-electron chi connectivity index (χ3n) is 4.66. The first kappa shape index (κ1) is 20.3. The highest BCUT2D eigenvalue weighted by molar-refractivity contribution is 9.10. The van der Waals surface area contributed by atoms with E-state index in [4.69, 9.17) is 17.0 Å². The van der Waals surface area contributed by atoms with Crippen LogP contribution in [0, 0.1) is 6.92 Å². The number of hydrogen-bond acceptors (Lipinski definition) is 5. The quantitative estimate of drug-likeness (QED) is 0.441. The van der Waals surface area contributed by atoms with E-state index in [0.29, 0.717) is 23.0 Å². The van der Waals surface area contributed by atoms with Crippen LogP contribution in [0.1, 0.15) is 16.8 Å². The van der Waals surface area contributed by atoms with Gasteiger partial charge in [-0.05, 0) is 58.8 Å². The number of ether oxygens (including phenoxy) is 1. The molecule has 4 rings (SSSR count). The minimum absolute atomic E-state index is 0.218. The Labute approximate surface area is 187 Å². The van der Waals surface area contributed by atoms with Crippen LogP contribution in [0.25, 0.3) is 6.08 Å². The molecule has 1 aliphatic heterocycles. The second kappa shape index (κ2) is 8.04. The number of aryl methyl sites for hydroxylation is 2. The number of methoxy groups -OCH3 is 1. The van der Waals surface area contributed by atoms with Crippen molar-refractivity contribution in [2.75, 3.05) is 12.0 Å². The Morgan fingerprint density at radius 2 is 2.13 bits per heavy atom. The molecule has 0 atom stereocenters. The van der Waals surface area contributed by atoms with E-state index in [0.717, 1.165) is 27.0 Å². The van der Waals surface area contributed by atoms with E-state index in [1.54, 1.807) is 42.0 Å². The van der Waals surface area contributed by atoms with E-state index in [9.17, 15) is 4.79 Å². The number of amides is 1. The van der Waals surface area contributed by atoms with Crippen molar-refractivity contribution in [3.63, 3.8) is 0 Å². The first-order valence-corrected chi connectivity index (χ1v) is 10.3. The van der Waals surface area contributed by atoms with Gasteiger partial charge < -0.3 is 10.1 Å². The van der Waals surface area contributed by atoms with Crippen molar-refractivity contribution in [3.8, 4) is 5.75 Å². The number of nitrogens with one attached hydrogen (secondary N) is 1. The maximum absolute atomic E-state index is 13.0. The second-order valence-corrected chi connectivity index (χ2v) is 8.13. The van der Waals surface area contributed by atoms with E-state index in [1.807, 2.05) is 31.3 Å². The molecule has 154 valence electrons. The summed E-state index contributed by atoms with van der Waals surface area (Å²) >= 11 is 8.80. The molecular weight excluding hydrogens is 468 g/mol. The fourth-order valence-corrected chi connectivity index (χ4v) is 3.96. The fraction of sp³-hybridized carbons (Fsp3) is 0.200. The van der Waals surface area contributed by atoms with Crippen molar-refractivity contribution < 1.29 is 9.53 Å². The van der Waals surface area contributed by atoms with Crippen LogP contribution in [0.2, 0.25) is 0 Å². The molecule has 3 heterocycles. The number of carbonyl (C=O) groups is 1. The van der Waals surface area contributed by atoms with Gasteiger partial charge in [0.15, 0.2) is 5.11 Å². The van der Waals surface area contributed by atoms with Gasteiger partial charge in [-0.1, -0.05) is 6.07 Å². The molecule has 1 amide bonds. The molecule has 1 N–H and O–H groups in total. The second-order valence-electron chi connectivity index (χ2n) is 6.83. The summed E-state index contributed by atoms with van der Waals surface area (Å²) in [6.07, 6.45) is 7.18. The number of thiocarbonyl (C=S) groups is 1. The summed E-state index contributed by atoms with van der Waals surface area (Å²) in [6.45, 7) is 2.38. The molecule has 1 aliphatic rings. The standard InChI is InChI=1S/C20H19BrN6O2S/c1-12-17(11-25(2)24-12)27-19(28)16(23-20(27)30)7-13-4-5-18(29-3)14(6-13)9-26-10-15(21)8-22-26/h4-8,10-11H,9H2,1-3H3,(H,23,30)/b16-7+. The fourth-order valence-electron chi connectivity index (χ4n) is 3.34. The van der Waals surface area contributed by atoms with Crippen LogP contribution >= 0.6 is 28.1 Å².